The number of benzene rings is 3. The molecule has 5 rings (SSSR count). The van der Waals surface area contributed by atoms with Crippen LogP contribution in [0.25, 0.3) is 16.8 Å². The van der Waals surface area contributed by atoms with Crippen molar-refractivity contribution < 1.29 is 34.1 Å². The summed E-state index contributed by atoms with van der Waals surface area (Å²) in [6, 6.07) is 16.7. The van der Waals surface area contributed by atoms with Gasteiger partial charge in [-0.1, -0.05) is 24.3 Å². The Hall–Kier alpha value is -5.12. The van der Waals surface area contributed by atoms with Gasteiger partial charge in [-0.15, -0.1) is 0 Å². The molecule has 1 fully saturated rings. The third-order valence-electron chi connectivity index (χ3n) is 6.28. The summed E-state index contributed by atoms with van der Waals surface area (Å²) in [5.74, 6) is -2.29. The van der Waals surface area contributed by atoms with E-state index in [0.29, 0.717) is 33.7 Å². The second kappa shape index (κ2) is 9.97. The topological polar surface area (TPSA) is 142 Å². The van der Waals surface area contributed by atoms with Gasteiger partial charge in [0.1, 0.15) is 17.3 Å². The van der Waals surface area contributed by atoms with Crippen LogP contribution in [0, 0.1) is 0 Å². The molecule has 0 spiro atoms. The fourth-order valence-electron chi connectivity index (χ4n) is 4.57. The lowest BCUT2D eigenvalue weighted by Crippen LogP contribution is -2.30. The highest BCUT2D eigenvalue weighted by atomic mass is 16.5. The number of hydrogen-bond donors (Lipinski definition) is 3. The van der Waals surface area contributed by atoms with Crippen LogP contribution in [0.4, 0.5) is 5.95 Å². The number of carboxylic acid groups (broad SMARTS) is 1. The van der Waals surface area contributed by atoms with Crippen LogP contribution in [0.15, 0.2) is 72.3 Å². The molecule has 10 heteroatoms. The first-order chi connectivity index (χ1) is 18.7. The van der Waals surface area contributed by atoms with Gasteiger partial charge in [0.15, 0.2) is 0 Å². The number of H-pyrrole nitrogens is 1. The molecular formula is C29H25N3O7. The number of aromatic amines is 1. The molecule has 1 aliphatic rings. The number of fused-ring (bicyclic) bond motifs is 1. The zero-order chi connectivity index (χ0) is 27.8. The van der Waals surface area contributed by atoms with Crippen LogP contribution in [-0.2, 0) is 9.59 Å². The SMILES string of the molecule is COc1cccc(C2/C(=C(\O)c3cccc(OC(C)C)c3)C(=O)C(=O)N2c2nc3ccc(C(=O)O)cc3[nH]2)c1. The van der Waals surface area contributed by atoms with Gasteiger partial charge < -0.3 is 24.7 Å². The number of carbonyl (C=O) groups is 3. The molecule has 198 valence electrons. The Morgan fingerprint density at radius 2 is 1.72 bits per heavy atom. The summed E-state index contributed by atoms with van der Waals surface area (Å²) in [6.07, 6.45) is -0.112. The maximum atomic E-state index is 13.5. The fraction of sp³-hybridized carbons (Fsp3) is 0.172. The molecule has 39 heavy (non-hydrogen) atoms. The third-order valence-corrected chi connectivity index (χ3v) is 6.28. The van der Waals surface area contributed by atoms with E-state index < -0.39 is 23.7 Å². The van der Waals surface area contributed by atoms with Crippen LogP contribution in [-0.4, -0.2) is 51.1 Å². The Morgan fingerprint density at radius 3 is 2.44 bits per heavy atom. The minimum atomic E-state index is -1.12. The van der Waals surface area contributed by atoms with Gasteiger partial charge in [-0.3, -0.25) is 14.5 Å². The number of aliphatic hydroxyl groups is 1. The lowest BCUT2D eigenvalue weighted by molar-refractivity contribution is -0.132. The Morgan fingerprint density at radius 1 is 0.974 bits per heavy atom. The molecule has 3 aromatic carbocycles. The van der Waals surface area contributed by atoms with Crippen LogP contribution in [0.1, 0.15) is 41.4 Å². The summed E-state index contributed by atoms with van der Waals surface area (Å²) >= 11 is 0. The first-order valence-electron chi connectivity index (χ1n) is 12.1. The predicted molar refractivity (Wildman–Crippen MR) is 143 cm³/mol. The minimum Gasteiger partial charge on any atom is -0.507 e. The van der Waals surface area contributed by atoms with Gasteiger partial charge in [0, 0.05) is 5.56 Å². The largest absolute Gasteiger partial charge is 0.507 e. The van der Waals surface area contributed by atoms with Crippen molar-refractivity contribution in [2.75, 3.05) is 12.0 Å². The van der Waals surface area contributed by atoms with E-state index >= 15 is 0 Å². The number of aromatic carboxylic acids is 1. The molecule has 1 aliphatic heterocycles. The minimum absolute atomic E-state index is 0.0263. The molecule has 0 aliphatic carbocycles. The quantitative estimate of drug-likeness (QED) is 0.179. The monoisotopic (exact) mass is 527 g/mol. The lowest BCUT2D eigenvalue weighted by atomic mass is 9.95. The maximum Gasteiger partial charge on any atom is 0.335 e. The van der Waals surface area contributed by atoms with Crippen LogP contribution < -0.4 is 14.4 Å². The van der Waals surface area contributed by atoms with E-state index in [0.717, 1.165) is 4.90 Å². The van der Waals surface area contributed by atoms with E-state index in [1.165, 1.54) is 25.3 Å². The summed E-state index contributed by atoms with van der Waals surface area (Å²) in [5.41, 5.74) is 1.47. The van der Waals surface area contributed by atoms with Gasteiger partial charge in [-0.2, -0.15) is 0 Å². The second-order valence-corrected chi connectivity index (χ2v) is 9.24. The Labute approximate surface area is 223 Å². The van der Waals surface area contributed by atoms with Crippen molar-refractivity contribution in [3.63, 3.8) is 0 Å². The Kier molecular flexibility index (Phi) is 6.53. The van der Waals surface area contributed by atoms with Gasteiger partial charge in [0.05, 0.1) is 41.4 Å². The van der Waals surface area contributed by atoms with Gasteiger partial charge >= 0.3 is 11.9 Å². The number of nitrogens with one attached hydrogen (secondary N) is 1. The molecule has 1 unspecified atom stereocenters. The van der Waals surface area contributed by atoms with E-state index in [9.17, 15) is 24.6 Å². The van der Waals surface area contributed by atoms with Gasteiger partial charge in [-0.05, 0) is 61.9 Å². The highest BCUT2D eigenvalue weighted by Crippen LogP contribution is 2.42. The number of methoxy groups -OCH3 is 1. The van der Waals surface area contributed by atoms with Gasteiger partial charge in [0.25, 0.3) is 5.78 Å². The molecule has 1 aromatic heterocycles. The highest BCUT2D eigenvalue weighted by Gasteiger charge is 2.48. The van der Waals surface area contributed by atoms with Crippen molar-refractivity contribution in [2.24, 2.45) is 0 Å². The number of anilines is 1. The first-order valence-corrected chi connectivity index (χ1v) is 12.1. The van der Waals surface area contributed by atoms with E-state index in [4.69, 9.17) is 9.47 Å². The maximum absolute atomic E-state index is 13.5. The van der Waals surface area contributed by atoms with Crippen molar-refractivity contribution in [1.29, 1.82) is 0 Å². The molecule has 10 nitrogen and oxygen atoms in total. The smallest absolute Gasteiger partial charge is 0.335 e. The summed E-state index contributed by atoms with van der Waals surface area (Å²) < 4.78 is 11.1. The standard InChI is InChI=1S/C29H25N3O7/c1-15(2)39-20-9-5-7-17(13-20)25(33)23-24(16-6-4-8-19(12-16)38-3)32(27(35)26(23)34)29-30-21-11-10-18(28(36)37)14-22(21)31-29/h4-15,24,33H,1-3H3,(H,30,31)(H,36,37)/b25-23+. The third kappa shape index (κ3) is 4.68. The number of Topliss-reactive ketones (excluding diaryl/α,β-unsaturated/α-hetero) is 1. The number of carboxylic acids is 1. The highest BCUT2D eigenvalue weighted by molar-refractivity contribution is 6.51. The molecule has 0 radical (unpaired) electrons. The van der Waals surface area contributed by atoms with Gasteiger partial charge in [-0.25, -0.2) is 9.78 Å². The van der Waals surface area contributed by atoms with E-state index in [-0.39, 0.29) is 28.9 Å². The van der Waals surface area contributed by atoms with Crippen LogP contribution in [0.3, 0.4) is 0 Å². The zero-order valence-electron chi connectivity index (χ0n) is 21.3. The van der Waals surface area contributed by atoms with Gasteiger partial charge in [0.2, 0.25) is 5.95 Å². The number of nitrogens with zero attached hydrogens (tertiary/aromatic N) is 2. The molecule has 3 N–H and O–H groups in total. The summed E-state index contributed by atoms with van der Waals surface area (Å²) in [7, 11) is 1.50. The fourth-order valence-corrected chi connectivity index (χ4v) is 4.57. The summed E-state index contributed by atoms with van der Waals surface area (Å²) in [6.45, 7) is 3.74. The van der Waals surface area contributed by atoms with Crippen molar-refractivity contribution in [2.45, 2.75) is 26.0 Å². The molecule has 0 saturated carbocycles. The average molecular weight is 528 g/mol. The Balaban J connectivity index is 1.70. The van der Waals surface area contributed by atoms with E-state index in [2.05, 4.69) is 9.97 Å². The number of amides is 1. The number of imidazole rings is 1. The number of ether oxygens (including phenoxy) is 2. The normalized spacial score (nSPS) is 16.7. The average Bonchev–Trinajstić information content (AvgIpc) is 3.45. The van der Waals surface area contributed by atoms with E-state index in [1.807, 2.05) is 13.8 Å². The van der Waals surface area contributed by atoms with Crippen molar-refractivity contribution in [3.05, 3.63) is 89.0 Å². The first kappa shape index (κ1) is 25.5. The molecule has 0 bridgehead atoms. The number of carbonyl (C=O) groups excluding carboxylic acids is 2. The molecule has 1 atom stereocenters. The van der Waals surface area contributed by atoms with Crippen LogP contribution in [0.2, 0.25) is 0 Å². The molecule has 4 aromatic rings. The molecular weight excluding hydrogens is 502 g/mol. The zero-order valence-corrected chi connectivity index (χ0v) is 21.3. The van der Waals surface area contributed by atoms with Crippen LogP contribution >= 0.6 is 0 Å². The number of rotatable bonds is 7. The number of aliphatic hydroxyl groups excluding tert-OH is 1. The van der Waals surface area contributed by atoms with Crippen LogP contribution in [0.5, 0.6) is 11.5 Å². The number of ketones is 1. The van der Waals surface area contributed by atoms with E-state index in [1.54, 1.807) is 48.5 Å². The van der Waals surface area contributed by atoms with Crippen molar-refractivity contribution >= 4 is 40.4 Å². The number of aromatic nitrogens is 2. The lowest BCUT2D eigenvalue weighted by Gasteiger charge is -2.23. The van der Waals surface area contributed by atoms with Crippen molar-refractivity contribution in [1.82, 2.24) is 9.97 Å². The summed E-state index contributed by atoms with van der Waals surface area (Å²) in [4.78, 5) is 47.0. The van der Waals surface area contributed by atoms with Crippen molar-refractivity contribution in [3.8, 4) is 11.5 Å². The summed E-state index contributed by atoms with van der Waals surface area (Å²) in [5, 5.41) is 20.8. The molecule has 2 heterocycles. The number of hydrogen-bond acceptors (Lipinski definition) is 7. The predicted octanol–water partition coefficient (Wildman–Crippen LogP) is 4.68. The molecule has 1 amide bonds. The molecule has 1 saturated heterocycles. The Bertz CT molecular complexity index is 1650. The second-order valence-electron chi connectivity index (χ2n) is 9.24.